The highest BCUT2D eigenvalue weighted by Gasteiger charge is 2.17. The number of rotatable bonds is 6. The lowest BCUT2D eigenvalue weighted by Gasteiger charge is -2.36. The summed E-state index contributed by atoms with van der Waals surface area (Å²) in [5.41, 5.74) is 3.16. The third kappa shape index (κ3) is 5.72. The van der Waals surface area contributed by atoms with E-state index in [1.54, 1.807) is 0 Å². The molecule has 0 unspecified atom stereocenters. The molecule has 0 spiro atoms. The van der Waals surface area contributed by atoms with Gasteiger partial charge in [0.2, 0.25) is 0 Å². The van der Waals surface area contributed by atoms with Gasteiger partial charge in [-0.15, -0.1) is 0 Å². The SMILES string of the molecule is CC(C)CNC(=O)c1cccc(CN2CCN(c3ccc(Cl)cc3)CC2)c1. The number of hydrogen-bond acceptors (Lipinski definition) is 3. The second-order valence-electron chi connectivity index (χ2n) is 7.54. The zero-order chi connectivity index (χ0) is 19.2. The van der Waals surface area contributed by atoms with Crippen LogP contribution < -0.4 is 10.2 Å². The summed E-state index contributed by atoms with van der Waals surface area (Å²) in [7, 11) is 0. The minimum Gasteiger partial charge on any atom is -0.369 e. The number of piperazine rings is 1. The van der Waals surface area contributed by atoms with Crippen molar-refractivity contribution in [3.63, 3.8) is 0 Å². The Morgan fingerprint density at radius 3 is 2.44 bits per heavy atom. The van der Waals surface area contributed by atoms with Crippen molar-refractivity contribution in [2.45, 2.75) is 20.4 Å². The molecule has 0 radical (unpaired) electrons. The second-order valence-corrected chi connectivity index (χ2v) is 7.98. The molecule has 1 heterocycles. The third-order valence-corrected chi connectivity index (χ3v) is 5.08. The average Bonchev–Trinajstić information content (AvgIpc) is 2.67. The van der Waals surface area contributed by atoms with E-state index in [9.17, 15) is 4.79 Å². The van der Waals surface area contributed by atoms with Gasteiger partial charge in [-0.1, -0.05) is 37.6 Å². The Balaban J connectivity index is 1.53. The van der Waals surface area contributed by atoms with Crippen LogP contribution in [0.15, 0.2) is 48.5 Å². The van der Waals surface area contributed by atoms with E-state index < -0.39 is 0 Å². The first-order chi connectivity index (χ1) is 13.0. The normalized spacial score (nSPS) is 15.2. The van der Waals surface area contributed by atoms with Crippen molar-refractivity contribution in [1.29, 1.82) is 0 Å². The van der Waals surface area contributed by atoms with Crippen molar-refractivity contribution in [3.05, 3.63) is 64.7 Å². The number of nitrogens with one attached hydrogen (secondary N) is 1. The van der Waals surface area contributed by atoms with E-state index in [0.717, 1.165) is 43.3 Å². The van der Waals surface area contributed by atoms with E-state index in [0.29, 0.717) is 12.5 Å². The van der Waals surface area contributed by atoms with E-state index in [1.807, 2.05) is 30.3 Å². The number of nitrogens with zero attached hydrogens (tertiary/aromatic N) is 2. The molecule has 0 saturated carbocycles. The van der Waals surface area contributed by atoms with Gasteiger partial charge in [0, 0.05) is 55.5 Å². The monoisotopic (exact) mass is 385 g/mol. The summed E-state index contributed by atoms with van der Waals surface area (Å²) in [6.07, 6.45) is 0. The fourth-order valence-corrected chi connectivity index (χ4v) is 3.41. The maximum atomic E-state index is 12.3. The van der Waals surface area contributed by atoms with Crippen LogP contribution in [0, 0.1) is 5.92 Å². The van der Waals surface area contributed by atoms with Crippen LogP contribution in [0.4, 0.5) is 5.69 Å². The summed E-state index contributed by atoms with van der Waals surface area (Å²) in [5, 5.41) is 3.76. The van der Waals surface area contributed by atoms with E-state index in [1.165, 1.54) is 11.3 Å². The van der Waals surface area contributed by atoms with Gasteiger partial charge in [0.1, 0.15) is 0 Å². The molecule has 5 heteroatoms. The van der Waals surface area contributed by atoms with Gasteiger partial charge in [-0.05, 0) is 47.9 Å². The first-order valence-electron chi connectivity index (χ1n) is 9.61. The van der Waals surface area contributed by atoms with Crippen molar-refractivity contribution in [1.82, 2.24) is 10.2 Å². The van der Waals surface area contributed by atoms with Gasteiger partial charge in [0.25, 0.3) is 5.91 Å². The quantitative estimate of drug-likeness (QED) is 0.814. The fraction of sp³-hybridized carbons (Fsp3) is 0.409. The average molecular weight is 386 g/mol. The molecule has 1 saturated heterocycles. The number of anilines is 1. The van der Waals surface area contributed by atoms with Crippen molar-refractivity contribution in [2.24, 2.45) is 5.92 Å². The van der Waals surface area contributed by atoms with E-state index in [2.05, 4.69) is 47.2 Å². The molecule has 144 valence electrons. The number of halogens is 1. The summed E-state index contributed by atoms with van der Waals surface area (Å²) in [6, 6.07) is 16.0. The zero-order valence-corrected chi connectivity index (χ0v) is 16.9. The Morgan fingerprint density at radius 1 is 1.07 bits per heavy atom. The zero-order valence-electron chi connectivity index (χ0n) is 16.1. The molecule has 1 aliphatic rings. The van der Waals surface area contributed by atoms with Gasteiger partial charge in [0.15, 0.2) is 0 Å². The molecule has 0 atom stereocenters. The van der Waals surface area contributed by atoms with Crippen molar-refractivity contribution in [3.8, 4) is 0 Å². The lowest BCUT2D eigenvalue weighted by Crippen LogP contribution is -2.45. The number of amides is 1. The molecule has 1 amide bonds. The van der Waals surface area contributed by atoms with Crippen LogP contribution in [0.2, 0.25) is 5.02 Å². The van der Waals surface area contributed by atoms with Crippen molar-refractivity contribution >= 4 is 23.2 Å². The van der Waals surface area contributed by atoms with Crippen LogP contribution in [0.1, 0.15) is 29.8 Å². The summed E-state index contributed by atoms with van der Waals surface area (Å²) in [4.78, 5) is 17.1. The van der Waals surface area contributed by atoms with Gasteiger partial charge >= 0.3 is 0 Å². The summed E-state index contributed by atoms with van der Waals surface area (Å²) in [6.45, 7) is 9.78. The van der Waals surface area contributed by atoms with E-state index >= 15 is 0 Å². The lowest BCUT2D eigenvalue weighted by atomic mass is 10.1. The largest absolute Gasteiger partial charge is 0.369 e. The number of carbonyl (C=O) groups is 1. The summed E-state index contributed by atoms with van der Waals surface area (Å²) >= 11 is 5.98. The van der Waals surface area contributed by atoms with Gasteiger partial charge in [-0.2, -0.15) is 0 Å². The Labute approximate surface area is 167 Å². The van der Waals surface area contributed by atoms with E-state index in [-0.39, 0.29) is 5.91 Å². The molecular weight excluding hydrogens is 358 g/mol. The number of hydrogen-bond donors (Lipinski definition) is 1. The second kappa shape index (κ2) is 9.25. The molecule has 3 rings (SSSR count). The molecule has 0 aromatic heterocycles. The minimum absolute atomic E-state index is 0.0121. The first kappa shape index (κ1) is 19.7. The molecule has 1 fully saturated rings. The third-order valence-electron chi connectivity index (χ3n) is 4.83. The van der Waals surface area contributed by atoms with Crippen molar-refractivity contribution in [2.75, 3.05) is 37.6 Å². The van der Waals surface area contributed by atoms with Crippen molar-refractivity contribution < 1.29 is 4.79 Å². The fourth-order valence-electron chi connectivity index (χ4n) is 3.28. The highest BCUT2D eigenvalue weighted by atomic mass is 35.5. The molecule has 2 aromatic rings. The van der Waals surface area contributed by atoms with Gasteiger partial charge in [0.05, 0.1) is 0 Å². The Kier molecular flexibility index (Phi) is 6.75. The van der Waals surface area contributed by atoms with Gasteiger partial charge in [-0.3, -0.25) is 9.69 Å². The highest BCUT2D eigenvalue weighted by Crippen LogP contribution is 2.20. The maximum Gasteiger partial charge on any atom is 0.251 e. The van der Waals surface area contributed by atoms with Gasteiger partial charge < -0.3 is 10.2 Å². The highest BCUT2D eigenvalue weighted by molar-refractivity contribution is 6.30. The standard InChI is InChI=1S/C22H28ClN3O/c1-17(2)15-24-22(27)19-5-3-4-18(14-19)16-25-10-12-26(13-11-25)21-8-6-20(23)7-9-21/h3-9,14,17H,10-13,15-16H2,1-2H3,(H,24,27). The molecule has 2 aromatic carbocycles. The van der Waals surface area contributed by atoms with Crippen LogP contribution in [-0.4, -0.2) is 43.5 Å². The predicted octanol–water partition coefficient (Wildman–Crippen LogP) is 4.05. The van der Waals surface area contributed by atoms with Crippen LogP contribution in [0.3, 0.4) is 0 Å². The predicted molar refractivity (Wildman–Crippen MR) is 113 cm³/mol. The van der Waals surface area contributed by atoms with Crippen LogP contribution in [-0.2, 0) is 6.54 Å². The molecule has 27 heavy (non-hydrogen) atoms. The molecule has 0 bridgehead atoms. The molecule has 1 N–H and O–H groups in total. The first-order valence-corrected chi connectivity index (χ1v) is 9.99. The number of carbonyl (C=O) groups excluding carboxylic acids is 1. The number of benzene rings is 2. The lowest BCUT2D eigenvalue weighted by molar-refractivity contribution is 0.0949. The molecular formula is C22H28ClN3O. The molecule has 4 nitrogen and oxygen atoms in total. The van der Waals surface area contributed by atoms with Crippen LogP contribution >= 0.6 is 11.6 Å². The Bertz CT molecular complexity index is 752. The molecule has 0 aliphatic carbocycles. The maximum absolute atomic E-state index is 12.3. The smallest absolute Gasteiger partial charge is 0.251 e. The summed E-state index contributed by atoms with van der Waals surface area (Å²) in [5.74, 6) is 0.465. The topological polar surface area (TPSA) is 35.6 Å². The minimum atomic E-state index is 0.0121. The van der Waals surface area contributed by atoms with E-state index in [4.69, 9.17) is 11.6 Å². The van der Waals surface area contributed by atoms with Gasteiger partial charge in [-0.25, -0.2) is 0 Å². The van der Waals surface area contributed by atoms with Crippen LogP contribution in [0.25, 0.3) is 0 Å². The molecule has 1 aliphatic heterocycles. The Hall–Kier alpha value is -2.04. The Morgan fingerprint density at radius 2 is 1.78 bits per heavy atom. The summed E-state index contributed by atoms with van der Waals surface area (Å²) < 4.78 is 0. The van der Waals surface area contributed by atoms with Crippen LogP contribution in [0.5, 0.6) is 0 Å².